The molecule has 2 aromatic rings. The van der Waals surface area contributed by atoms with E-state index in [1.54, 1.807) is 0 Å². The number of rotatable bonds is 5. The molecule has 0 aliphatic heterocycles. The van der Waals surface area contributed by atoms with Crippen LogP contribution in [0.3, 0.4) is 0 Å². The van der Waals surface area contributed by atoms with Gasteiger partial charge in [0.05, 0.1) is 24.3 Å². The highest BCUT2D eigenvalue weighted by Crippen LogP contribution is 2.21. The average Bonchev–Trinajstić information content (AvgIpc) is 2.87. The first-order chi connectivity index (χ1) is 9.11. The molecule has 0 spiro atoms. The average molecular weight is 258 g/mol. The molecule has 0 saturated carbocycles. The van der Waals surface area contributed by atoms with E-state index in [0.29, 0.717) is 12.6 Å². The van der Waals surface area contributed by atoms with Crippen molar-refractivity contribution in [3.8, 4) is 0 Å². The molecule has 0 bridgehead atoms. The minimum Gasteiger partial charge on any atom is -0.375 e. The van der Waals surface area contributed by atoms with Gasteiger partial charge in [0.15, 0.2) is 0 Å². The Morgan fingerprint density at radius 1 is 1.26 bits per heavy atom. The summed E-state index contributed by atoms with van der Waals surface area (Å²) in [5, 5.41) is 3.47. The van der Waals surface area contributed by atoms with E-state index < -0.39 is 0 Å². The molecule has 3 N–H and O–H groups in total. The van der Waals surface area contributed by atoms with Crippen LogP contribution in [0.4, 0.5) is 5.69 Å². The van der Waals surface area contributed by atoms with E-state index in [9.17, 15) is 0 Å². The largest absolute Gasteiger partial charge is 0.375 e. The molecule has 2 rings (SSSR count). The van der Waals surface area contributed by atoms with Crippen LogP contribution in [0.15, 0.2) is 36.8 Å². The van der Waals surface area contributed by atoms with Crippen molar-refractivity contribution in [1.29, 1.82) is 0 Å². The van der Waals surface area contributed by atoms with Crippen LogP contribution in [0, 0.1) is 6.92 Å². The summed E-state index contributed by atoms with van der Waals surface area (Å²) >= 11 is 0. The lowest BCUT2D eigenvalue weighted by Crippen LogP contribution is -2.23. The van der Waals surface area contributed by atoms with Crippen molar-refractivity contribution in [2.24, 2.45) is 5.73 Å². The second-order valence-electron chi connectivity index (χ2n) is 5.12. The van der Waals surface area contributed by atoms with Gasteiger partial charge < -0.3 is 15.6 Å². The fourth-order valence-corrected chi connectivity index (χ4v) is 2.12. The van der Waals surface area contributed by atoms with E-state index in [-0.39, 0.29) is 6.04 Å². The third-order valence-electron chi connectivity index (χ3n) is 3.24. The Morgan fingerprint density at radius 3 is 2.53 bits per heavy atom. The molecule has 4 nitrogen and oxygen atoms in total. The van der Waals surface area contributed by atoms with Gasteiger partial charge in [0.1, 0.15) is 0 Å². The van der Waals surface area contributed by atoms with Gasteiger partial charge in [-0.3, -0.25) is 0 Å². The highest BCUT2D eigenvalue weighted by Gasteiger charge is 2.15. The third-order valence-corrected chi connectivity index (χ3v) is 3.24. The number of benzene rings is 1. The van der Waals surface area contributed by atoms with Crippen LogP contribution in [-0.4, -0.2) is 16.1 Å². The molecule has 4 heteroatoms. The summed E-state index contributed by atoms with van der Waals surface area (Å²) in [6, 6.07) is 8.80. The first kappa shape index (κ1) is 13.6. The second kappa shape index (κ2) is 5.89. The van der Waals surface area contributed by atoms with E-state index in [0.717, 1.165) is 11.4 Å². The molecule has 1 aromatic heterocycles. The van der Waals surface area contributed by atoms with Crippen LogP contribution in [0.1, 0.15) is 37.2 Å². The lowest BCUT2D eigenvalue weighted by Gasteiger charge is -2.21. The molecule has 102 valence electrons. The van der Waals surface area contributed by atoms with Gasteiger partial charge >= 0.3 is 0 Å². The summed E-state index contributed by atoms with van der Waals surface area (Å²) in [5.41, 5.74) is 9.36. The maximum absolute atomic E-state index is 5.91. The number of aromatic nitrogens is 2. The van der Waals surface area contributed by atoms with Crippen LogP contribution in [-0.2, 0) is 0 Å². The van der Waals surface area contributed by atoms with Crippen LogP contribution >= 0.6 is 0 Å². The SMILES string of the molecule is Cc1ccc(NC(CN)c2cncn2C(C)C)cc1. The summed E-state index contributed by atoms with van der Waals surface area (Å²) < 4.78 is 2.15. The zero-order valence-electron chi connectivity index (χ0n) is 11.8. The van der Waals surface area contributed by atoms with Crippen LogP contribution < -0.4 is 11.1 Å². The van der Waals surface area contributed by atoms with Crippen molar-refractivity contribution in [2.45, 2.75) is 32.9 Å². The van der Waals surface area contributed by atoms with Crippen molar-refractivity contribution in [2.75, 3.05) is 11.9 Å². The summed E-state index contributed by atoms with van der Waals surface area (Å²) in [5.74, 6) is 0. The van der Waals surface area contributed by atoms with E-state index in [2.05, 4.69) is 59.9 Å². The zero-order valence-corrected chi connectivity index (χ0v) is 11.8. The van der Waals surface area contributed by atoms with Gasteiger partial charge in [0, 0.05) is 18.3 Å². The molecule has 0 amide bonds. The minimum atomic E-state index is 0.0765. The fourth-order valence-electron chi connectivity index (χ4n) is 2.12. The number of nitrogens with one attached hydrogen (secondary N) is 1. The molecule has 1 unspecified atom stereocenters. The number of hydrogen-bond acceptors (Lipinski definition) is 3. The Kier molecular flexibility index (Phi) is 4.22. The normalized spacial score (nSPS) is 12.7. The Hall–Kier alpha value is -1.81. The summed E-state index contributed by atoms with van der Waals surface area (Å²) in [7, 11) is 0. The molecule has 0 radical (unpaired) electrons. The number of imidazole rings is 1. The number of hydrogen-bond donors (Lipinski definition) is 2. The molecule has 1 aromatic carbocycles. The predicted octanol–water partition coefficient (Wildman–Crippen LogP) is 2.88. The molecule has 0 aliphatic rings. The molecule has 1 atom stereocenters. The van der Waals surface area contributed by atoms with Crippen molar-refractivity contribution >= 4 is 5.69 Å². The maximum atomic E-state index is 5.91. The first-order valence-corrected chi connectivity index (χ1v) is 6.66. The van der Waals surface area contributed by atoms with Gasteiger partial charge in [-0.2, -0.15) is 0 Å². The number of nitrogens with zero attached hydrogens (tertiary/aromatic N) is 2. The van der Waals surface area contributed by atoms with Gasteiger partial charge in [-0.15, -0.1) is 0 Å². The topological polar surface area (TPSA) is 55.9 Å². The molecular weight excluding hydrogens is 236 g/mol. The smallest absolute Gasteiger partial charge is 0.0951 e. The lowest BCUT2D eigenvalue weighted by molar-refractivity contribution is 0.553. The van der Waals surface area contributed by atoms with E-state index in [4.69, 9.17) is 5.73 Å². The van der Waals surface area contributed by atoms with Crippen molar-refractivity contribution < 1.29 is 0 Å². The van der Waals surface area contributed by atoms with E-state index >= 15 is 0 Å². The quantitative estimate of drug-likeness (QED) is 0.867. The Morgan fingerprint density at radius 2 is 1.95 bits per heavy atom. The Balaban J connectivity index is 2.20. The zero-order chi connectivity index (χ0) is 13.8. The highest BCUT2D eigenvalue weighted by molar-refractivity contribution is 5.46. The molecule has 0 fully saturated rings. The number of nitrogens with two attached hydrogens (primary N) is 1. The Labute approximate surface area is 114 Å². The van der Waals surface area contributed by atoms with Crippen molar-refractivity contribution in [3.63, 3.8) is 0 Å². The molecular formula is C15H22N4. The predicted molar refractivity (Wildman–Crippen MR) is 79.2 cm³/mol. The third kappa shape index (κ3) is 3.15. The van der Waals surface area contributed by atoms with Gasteiger partial charge in [-0.25, -0.2) is 4.98 Å². The standard InChI is InChI=1S/C15H22N4/c1-11(2)19-10-17-9-15(19)14(8-16)18-13-6-4-12(3)5-7-13/h4-7,9-11,14,18H,8,16H2,1-3H3. The highest BCUT2D eigenvalue weighted by atomic mass is 15.1. The van der Waals surface area contributed by atoms with Crippen LogP contribution in [0.5, 0.6) is 0 Å². The number of anilines is 1. The first-order valence-electron chi connectivity index (χ1n) is 6.66. The molecule has 0 saturated heterocycles. The summed E-state index contributed by atoms with van der Waals surface area (Å²) in [4.78, 5) is 4.24. The lowest BCUT2D eigenvalue weighted by atomic mass is 10.1. The monoisotopic (exact) mass is 258 g/mol. The van der Waals surface area contributed by atoms with E-state index in [1.165, 1.54) is 5.56 Å². The second-order valence-corrected chi connectivity index (χ2v) is 5.12. The fraction of sp³-hybridized carbons (Fsp3) is 0.400. The maximum Gasteiger partial charge on any atom is 0.0951 e. The van der Waals surface area contributed by atoms with Crippen molar-refractivity contribution in [1.82, 2.24) is 9.55 Å². The van der Waals surface area contributed by atoms with Crippen molar-refractivity contribution in [3.05, 3.63) is 48.0 Å². The summed E-state index contributed by atoms with van der Waals surface area (Å²) in [6.07, 6.45) is 3.75. The van der Waals surface area contributed by atoms with E-state index in [1.807, 2.05) is 12.5 Å². The summed E-state index contributed by atoms with van der Waals surface area (Å²) in [6.45, 7) is 6.90. The van der Waals surface area contributed by atoms with Crippen LogP contribution in [0.2, 0.25) is 0 Å². The van der Waals surface area contributed by atoms with Gasteiger partial charge in [-0.05, 0) is 32.9 Å². The molecule has 1 heterocycles. The van der Waals surface area contributed by atoms with Gasteiger partial charge in [0.2, 0.25) is 0 Å². The van der Waals surface area contributed by atoms with Crippen LogP contribution in [0.25, 0.3) is 0 Å². The van der Waals surface area contributed by atoms with Gasteiger partial charge in [0.25, 0.3) is 0 Å². The minimum absolute atomic E-state index is 0.0765. The van der Waals surface area contributed by atoms with Gasteiger partial charge in [-0.1, -0.05) is 17.7 Å². The number of aryl methyl sites for hydroxylation is 1. The molecule has 19 heavy (non-hydrogen) atoms. The molecule has 0 aliphatic carbocycles. The Bertz CT molecular complexity index is 513.